The summed E-state index contributed by atoms with van der Waals surface area (Å²) in [6, 6.07) is -0.0789. The first-order valence-corrected chi connectivity index (χ1v) is 7.52. The molecule has 3 rings (SSSR count). The molecule has 0 aliphatic rings. The summed E-state index contributed by atoms with van der Waals surface area (Å²) in [7, 11) is 1.94. The van der Waals surface area contributed by atoms with Crippen molar-refractivity contribution in [2.24, 2.45) is 7.05 Å². The predicted octanol–water partition coefficient (Wildman–Crippen LogP) is 3.29. The topological polar surface area (TPSA) is 64.6 Å². The van der Waals surface area contributed by atoms with Crippen molar-refractivity contribution < 1.29 is 4.42 Å². The Morgan fingerprint density at radius 1 is 1.48 bits per heavy atom. The smallest absolute Gasteiger partial charge is 0.217 e. The summed E-state index contributed by atoms with van der Waals surface area (Å²) >= 11 is 5.49. The maximum Gasteiger partial charge on any atom is 0.217 e. The highest BCUT2D eigenvalue weighted by Gasteiger charge is 2.21. The van der Waals surface area contributed by atoms with E-state index in [1.54, 1.807) is 6.20 Å². The van der Waals surface area contributed by atoms with Crippen molar-refractivity contribution in [3.05, 3.63) is 28.3 Å². The average Bonchev–Trinajstić information content (AvgIpc) is 3.07. The first-order valence-electron chi connectivity index (χ1n) is 7.11. The second-order valence-corrected chi connectivity index (χ2v) is 5.69. The number of fused-ring (bicyclic) bond motifs is 1. The van der Waals surface area contributed by atoms with Gasteiger partial charge in [0.25, 0.3) is 0 Å². The molecule has 0 aromatic carbocycles. The molecule has 7 heteroatoms. The molecule has 0 saturated carbocycles. The number of aryl methyl sites for hydroxylation is 3. The summed E-state index contributed by atoms with van der Waals surface area (Å²) < 4.78 is 10.2. The molecule has 112 valence electrons. The highest BCUT2D eigenvalue weighted by Crippen LogP contribution is 2.26. The van der Waals surface area contributed by atoms with E-state index in [0.717, 1.165) is 35.5 Å². The lowest BCUT2D eigenvalue weighted by molar-refractivity contribution is 0.415. The summed E-state index contributed by atoms with van der Waals surface area (Å²) in [5.41, 5.74) is 3.04. The standard InChI is InChI=1S/C14H19N5OS/c1-5-6-10-11-13(18(4)17-10)19(14(21)16-11)9(3)12-15-7-8(2)20-12/h7,9H,5-6H2,1-4H3,(H,16,21). The molecule has 3 aromatic heterocycles. The van der Waals surface area contributed by atoms with Gasteiger partial charge < -0.3 is 9.40 Å². The van der Waals surface area contributed by atoms with Gasteiger partial charge >= 0.3 is 0 Å². The third-order valence-corrected chi connectivity index (χ3v) is 3.94. The number of hydrogen-bond donors (Lipinski definition) is 1. The van der Waals surface area contributed by atoms with Crippen LogP contribution in [0.3, 0.4) is 0 Å². The molecule has 0 aliphatic carbocycles. The van der Waals surface area contributed by atoms with Crippen LogP contribution >= 0.6 is 12.2 Å². The van der Waals surface area contributed by atoms with Gasteiger partial charge in [-0.1, -0.05) is 13.3 Å². The summed E-state index contributed by atoms with van der Waals surface area (Å²) in [5, 5.41) is 4.59. The van der Waals surface area contributed by atoms with E-state index in [1.807, 2.05) is 30.1 Å². The van der Waals surface area contributed by atoms with Crippen LogP contribution in [-0.2, 0) is 13.5 Å². The molecule has 21 heavy (non-hydrogen) atoms. The Hall–Kier alpha value is -1.89. The Morgan fingerprint density at radius 3 is 2.86 bits per heavy atom. The van der Waals surface area contributed by atoms with E-state index >= 15 is 0 Å². The van der Waals surface area contributed by atoms with Crippen molar-refractivity contribution in [2.45, 2.75) is 39.7 Å². The lowest BCUT2D eigenvalue weighted by Gasteiger charge is -2.10. The van der Waals surface area contributed by atoms with Crippen LogP contribution in [0.15, 0.2) is 10.6 Å². The normalized spacial score (nSPS) is 13.1. The Labute approximate surface area is 127 Å². The van der Waals surface area contributed by atoms with Gasteiger partial charge in [0.15, 0.2) is 10.4 Å². The Kier molecular flexibility index (Phi) is 3.44. The van der Waals surface area contributed by atoms with E-state index in [2.05, 4.69) is 22.0 Å². The highest BCUT2D eigenvalue weighted by atomic mass is 32.1. The van der Waals surface area contributed by atoms with Gasteiger partial charge in [-0.3, -0.25) is 9.25 Å². The minimum atomic E-state index is -0.0789. The minimum absolute atomic E-state index is 0.0789. The van der Waals surface area contributed by atoms with E-state index in [4.69, 9.17) is 16.6 Å². The fraction of sp³-hybridized carbons (Fsp3) is 0.500. The molecule has 0 bridgehead atoms. The number of aromatic nitrogens is 5. The van der Waals surface area contributed by atoms with Crippen LogP contribution < -0.4 is 0 Å². The Morgan fingerprint density at radius 2 is 2.24 bits per heavy atom. The van der Waals surface area contributed by atoms with Crippen LogP contribution in [-0.4, -0.2) is 24.3 Å². The van der Waals surface area contributed by atoms with Crippen LogP contribution in [0.4, 0.5) is 0 Å². The molecule has 0 aliphatic heterocycles. The molecular formula is C14H19N5OS. The number of aromatic amines is 1. The van der Waals surface area contributed by atoms with Gasteiger partial charge in [-0.25, -0.2) is 4.98 Å². The average molecular weight is 305 g/mol. The van der Waals surface area contributed by atoms with Gasteiger partial charge in [0.05, 0.1) is 11.9 Å². The second kappa shape index (κ2) is 5.14. The zero-order valence-electron chi connectivity index (χ0n) is 12.7. The second-order valence-electron chi connectivity index (χ2n) is 5.30. The maximum absolute atomic E-state index is 5.65. The third kappa shape index (κ3) is 2.21. The summed E-state index contributed by atoms with van der Waals surface area (Å²) in [5.74, 6) is 1.45. The zero-order chi connectivity index (χ0) is 15.1. The van der Waals surface area contributed by atoms with Crippen LogP contribution in [0.25, 0.3) is 11.2 Å². The van der Waals surface area contributed by atoms with E-state index in [-0.39, 0.29) is 6.04 Å². The summed E-state index contributed by atoms with van der Waals surface area (Å²) in [4.78, 5) is 7.60. The monoisotopic (exact) mass is 305 g/mol. The van der Waals surface area contributed by atoms with Crippen LogP contribution in [0.2, 0.25) is 0 Å². The first-order chi connectivity index (χ1) is 10.0. The van der Waals surface area contributed by atoms with Gasteiger partial charge in [-0.05, 0) is 32.5 Å². The zero-order valence-corrected chi connectivity index (χ0v) is 13.5. The maximum atomic E-state index is 5.65. The van der Waals surface area contributed by atoms with Gasteiger partial charge in [0.1, 0.15) is 17.3 Å². The number of oxazole rings is 1. The third-order valence-electron chi connectivity index (χ3n) is 3.64. The largest absolute Gasteiger partial charge is 0.444 e. The molecular weight excluding hydrogens is 286 g/mol. The quantitative estimate of drug-likeness (QED) is 0.751. The van der Waals surface area contributed by atoms with E-state index in [0.29, 0.717) is 10.7 Å². The number of hydrogen-bond acceptors (Lipinski definition) is 4. The van der Waals surface area contributed by atoms with Crippen LogP contribution in [0.5, 0.6) is 0 Å². The first kappa shape index (κ1) is 14.1. The van der Waals surface area contributed by atoms with Crippen LogP contribution in [0, 0.1) is 11.7 Å². The van der Waals surface area contributed by atoms with Gasteiger partial charge in [0.2, 0.25) is 5.89 Å². The number of H-pyrrole nitrogens is 1. The lowest BCUT2D eigenvalue weighted by atomic mass is 10.2. The number of nitrogens with zero attached hydrogens (tertiary/aromatic N) is 4. The molecule has 3 heterocycles. The Balaban J connectivity index is 2.18. The molecule has 1 atom stereocenters. The number of imidazole rings is 1. The summed E-state index contributed by atoms with van der Waals surface area (Å²) in [6.45, 7) is 6.06. The molecule has 3 aromatic rings. The Bertz CT molecular complexity index is 837. The van der Waals surface area contributed by atoms with Crippen molar-refractivity contribution in [3.63, 3.8) is 0 Å². The molecule has 0 spiro atoms. The molecule has 0 radical (unpaired) electrons. The van der Waals surface area contributed by atoms with Crippen molar-refractivity contribution in [2.75, 3.05) is 0 Å². The molecule has 0 amide bonds. The number of rotatable bonds is 4. The fourth-order valence-corrected chi connectivity index (χ4v) is 3.03. The lowest BCUT2D eigenvalue weighted by Crippen LogP contribution is -2.10. The van der Waals surface area contributed by atoms with Crippen LogP contribution in [0.1, 0.15) is 43.7 Å². The SMILES string of the molecule is CCCc1nn(C)c2c1[nH]c(=S)n2C(C)c1ncc(C)o1. The van der Waals surface area contributed by atoms with Gasteiger partial charge in [0, 0.05) is 7.05 Å². The van der Waals surface area contributed by atoms with Gasteiger partial charge in [-0.2, -0.15) is 5.10 Å². The molecule has 0 saturated heterocycles. The van der Waals surface area contributed by atoms with Crippen molar-refractivity contribution >= 4 is 23.4 Å². The van der Waals surface area contributed by atoms with E-state index in [9.17, 15) is 0 Å². The van der Waals surface area contributed by atoms with Gasteiger partial charge in [-0.15, -0.1) is 0 Å². The fourth-order valence-electron chi connectivity index (χ4n) is 2.68. The van der Waals surface area contributed by atoms with E-state index < -0.39 is 0 Å². The van der Waals surface area contributed by atoms with Crippen molar-refractivity contribution in [1.82, 2.24) is 24.3 Å². The predicted molar refractivity (Wildman–Crippen MR) is 82.9 cm³/mol. The number of nitrogens with one attached hydrogen (secondary N) is 1. The highest BCUT2D eigenvalue weighted by molar-refractivity contribution is 7.71. The minimum Gasteiger partial charge on any atom is -0.444 e. The molecule has 6 nitrogen and oxygen atoms in total. The molecule has 0 fully saturated rings. The van der Waals surface area contributed by atoms with E-state index in [1.165, 1.54) is 0 Å². The molecule has 1 unspecified atom stereocenters. The summed E-state index contributed by atoms with van der Waals surface area (Å²) in [6.07, 6.45) is 3.70. The van der Waals surface area contributed by atoms with Crippen molar-refractivity contribution in [3.8, 4) is 0 Å². The molecule has 1 N–H and O–H groups in total. The van der Waals surface area contributed by atoms with Crippen molar-refractivity contribution in [1.29, 1.82) is 0 Å².